The second kappa shape index (κ2) is 8.29. The van der Waals surface area contributed by atoms with E-state index in [4.69, 9.17) is 4.74 Å². The molecule has 1 N–H and O–H groups in total. The Labute approximate surface area is 159 Å². The lowest BCUT2D eigenvalue weighted by molar-refractivity contribution is -0.124. The van der Waals surface area contributed by atoms with Gasteiger partial charge >= 0.3 is 0 Å². The molecular weight excluding hydrogens is 338 g/mol. The van der Waals surface area contributed by atoms with Gasteiger partial charge in [-0.2, -0.15) is 0 Å². The fraction of sp³-hybridized carbons (Fsp3) is 0.273. The topological polar surface area (TPSA) is 54.5 Å². The van der Waals surface area contributed by atoms with E-state index in [1.807, 2.05) is 24.3 Å². The van der Waals surface area contributed by atoms with Gasteiger partial charge in [-0.05, 0) is 28.5 Å². The molecule has 0 radical (unpaired) electrons. The number of morpholine rings is 1. The summed E-state index contributed by atoms with van der Waals surface area (Å²) in [6.45, 7) is 2.93. The highest BCUT2D eigenvalue weighted by Gasteiger charge is 2.24. The van der Waals surface area contributed by atoms with E-state index in [0.29, 0.717) is 26.2 Å². The number of aromatic nitrogens is 1. The lowest BCUT2D eigenvalue weighted by Crippen LogP contribution is -2.44. The van der Waals surface area contributed by atoms with Crippen molar-refractivity contribution in [2.45, 2.75) is 12.6 Å². The maximum absolute atomic E-state index is 12.3. The number of hydrogen-bond acceptors (Lipinski definition) is 4. The molecule has 4 rings (SSSR count). The average molecular weight is 361 g/mol. The molecule has 1 fully saturated rings. The Kier molecular flexibility index (Phi) is 5.42. The van der Waals surface area contributed by atoms with Crippen LogP contribution in [0.1, 0.15) is 17.4 Å². The van der Waals surface area contributed by atoms with Gasteiger partial charge in [0.15, 0.2) is 0 Å². The van der Waals surface area contributed by atoms with E-state index >= 15 is 0 Å². The van der Waals surface area contributed by atoms with Gasteiger partial charge in [0.05, 0.1) is 31.5 Å². The standard InChI is InChI=1S/C22H23N3O2/c26-22(24-14-18-8-3-4-11-23-18)16-25-12-13-27-21(15-25)20-10-5-7-17-6-1-2-9-19(17)20/h1-11,21H,12-16H2,(H,24,26). The Balaban J connectivity index is 1.38. The number of carbonyl (C=O) groups excluding carboxylic acids is 1. The van der Waals surface area contributed by atoms with Gasteiger partial charge in [0.25, 0.3) is 0 Å². The zero-order chi connectivity index (χ0) is 18.5. The highest BCUT2D eigenvalue weighted by molar-refractivity contribution is 5.86. The molecule has 5 nitrogen and oxygen atoms in total. The number of pyridine rings is 1. The Morgan fingerprint density at radius 2 is 1.96 bits per heavy atom. The maximum atomic E-state index is 12.3. The number of carbonyl (C=O) groups is 1. The molecular formula is C22H23N3O2. The number of hydrogen-bond donors (Lipinski definition) is 1. The van der Waals surface area contributed by atoms with E-state index < -0.39 is 0 Å². The molecule has 138 valence electrons. The van der Waals surface area contributed by atoms with Crippen LogP contribution >= 0.6 is 0 Å². The monoisotopic (exact) mass is 361 g/mol. The Morgan fingerprint density at radius 3 is 2.85 bits per heavy atom. The lowest BCUT2D eigenvalue weighted by Gasteiger charge is -2.33. The predicted molar refractivity (Wildman–Crippen MR) is 105 cm³/mol. The molecule has 3 aromatic rings. The van der Waals surface area contributed by atoms with Crippen LogP contribution in [0.25, 0.3) is 10.8 Å². The smallest absolute Gasteiger partial charge is 0.234 e. The zero-order valence-electron chi connectivity index (χ0n) is 15.2. The van der Waals surface area contributed by atoms with Gasteiger partial charge < -0.3 is 10.1 Å². The van der Waals surface area contributed by atoms with Gasteiger partial charge in [-0.3, -0.25) is 14.7 Å². The molecule has 27 heavy (non-hydrogen) atoms. The quantitative estimate of drug-likeness (QED) is 0.759. The lowest BCUT2D eigenvalue weighted by atomic mass is 9.99. The van der Waals surface area contributed by atoms with E-state index in [9.17, 15) is 4.79 Å². The van der Waals surface area contributed by atoms with E-state index in [1.165, 1.54) is 16.3 Å². The number of amides is 1. The van der Waals surface area contributed by atoms with Crippen molar-refractivity contribution >= 4 is 16.7 Å². The third-order valence-electron chi connectivity index (χ3n) is 4.88. The van der Waals surface area contributed by atoms with Gasteiger partial charge in [-0.25, -0.2) is 0 Å². The molecule has 1 amide bonds. The summed E-state index contributed by atoms with van der Waals surface area (Å²) in [5.74, 6) is 0.0132. The van der Waals surface area contributed by atoms with Crippen molar-refractivity contribution in [2.75, 3.05) is 26.2 Å². The molecule has 0 saturated carbocycles. The summed E-state index contributed by atoms with van der Waals surface area (Å²) in [4.78, 5) is 18.7. The molecule has 1 unspecified atom stereocenters. The van der Waals surface area contributed by atoms with Crippen LogP contribution in [0.5, 0.6) is 0 Å². The summed E-state index contributed by atoms with van der Waals surface area (Å²) in [5, 5.41) is 5.37. The van der Waals surface area contributed by atoms with Crippen LogP contribution < -0.4 is 5.32 Å². The van der Waals surface area contributed by atoms with Crippen LogP contribution in [0.15, 0.2) is 66.9 Å². The third kappa shape index (κ3) is 4.32. The van der Waals surface area contributed by atoms with Crippen LogP contribution in [0.2, 0.25) is 0 Å². The van der Waals surface area contributed by atoms with Gasteiger partial charge in [-0.1, -0.05) is 48.5 Å². The number of benzene rings is 2. The first-order chi connectivity index (χ1) is 13.3. The number of ether oxygens (including phenoxy) is 1. The molecule has 1 aromatic heterocycles. The van der Waals surface area contributed by atoms with E-state index in [-0.39, 0.29) is 12.0 Å². The first-order valence-electron chi connectivity index (χ1n) is 9.28. The fourth-order valence-corrected chi connectivity index (χ4v) is 3.52. The maximum Gasteiger partial charge on any atom is 0.234 e. The first kappa shape index (κ1) is 17.6. The molecule has 2 aromatic carbocycles. The summed E-state index contributed by atoms with van der Waals surface area (Å²) < 4.78 is 6.03. The zero-order valence-corrected chi connectivity index (χ0v) is 15.2. The van der Waals surface area contributed by atoms with Crippen LogP contribution in [-0.2, 0) is 16.1 Å². The summed E-state index contributed by atoms with van der Waals surface area (Å²) in [6, 6.07) is 20.4. The van der Waals surface area contributed by atoms with Gasteiger partial charge in [0.2, 0.25) is 5.91 Å². The van der Waals surface area contributed by atoms with Crippen LogP contribution in [-0.4, -0.2) is 42.0 Å². The predicted octanol–water partition coefficient (Wildman–Crippen LogP) is 2.92. The summed E-state index contributed by atoms with van der Waals surface area (Å²) in [7, 11) is 0. The SMILES string of the molecule is O=C(CN1CCOC(c2cccc3ccccc23)C1)NCc1ccccn1. The van der Waals surface area contributed by atoms with Crippen molar-refractivity contribution < 1.29 is 9.53 Å². The second-order valence-electron chi connectivity index (χ2n) is 6.76. The molecule has 5 heteroatoms. The average Bonchev–Trinajstić information content (AvgIpc) is 2.73. The highest BCUT2D eigenvalue weighted by atomic mass is 16.5. The molecule has 1 saturated heterocycles. The number of nitrogens with one attached hydrogen (secondary N) is 1. The van der Waals surface area contributed by atoms with Crippen molar-refractivity contribution in [2.24, 2.45) is 0 Å². The molecule has 0 spiro atoms. The summed E-state index contributed by atoms with van der Waals surface area (Å²) in [6.07, 6.45) is 1.71. The molecule has 1 aliphatic rings. The van der Waals surface area contributed by atoms with Crippen molar-refractivity contribution in [3.63, 3.8) is 0 Å². The minimum absolute atomic E-state index is 0.0132. The minimum atomic E-state index is -0.0200. The van der Waals surface area contributed by atoms with Crippen molar-refractivity contribution in [1.82, 2.24) is 15.2 Å². The highest BCUT2D eigenvalue weighted by Crippen LogP contribution is 2.29. The van der Waals surface area contributed by atoms with Crippen molar-refractivity contribution in [1.29, 1.82) is 0 Å². The Morgan fingerprint density at radius 1 is 1.11 bits per heavy atom. The van der Waals surface area contributed by atoms with Gasteiger partial charge in [0.1, 0.15) is 0 Å². The molecule has 1 atom stereocenters. The summed E-state index contributed by atoms with van der Waals surface area (Å²) in [5.41, 5.74) is 2.05. The van der Waals surface area contributed by atoms with Gasteiger partial charge in [0, 0.05) is 19.3 Å². The van der Waals surface area contributed by atoms with Gasteiger partial charge in [-0.15, -0.1) is 0 Å². The normalized spacial score (nSPS) is 17.7. The largest absolute Gasteiger partial charge is 0.371 e. The third-order valence-corrected chi connectivity index (χ3v) is 4.88. The van der Waals surface area contributed by atoms with Crippen LogP contribution in [0.4, 0.5) is 0 Å². The second-order valence-corrected chi connectivity index (χ2v) is 6.76. The number of nitrogens with zero attached hydrogens (tertiary/aromatic N) is 2. The Bertz CT molecular complexity index is 908. The van der Waals surface area contributed by atoms with Crippen LogP contribution in [0.3, 0.4) is 0 Å². The van der Waals surface area contributed by atoms with E-state index in [0.717, 1.165) is 12.2 Å². The van der Waals surface area contributed by atoms with Crippen molar-refractivity contribution in [3.8, 4) is 0 Å². The first-order valence-corrected chi connectivity index (χ1v) is 9.28. The molecule has 2 heterocycles. The fourth-order valence-electron chi connectivity index (χ4n) is 3.52. The van der Waals surface area contributed by atoms with Crippen LogP contribution in [0, 0.1) is 0 Å². The Hall–Kier alpha value is -2.76. The summed E-state index contributed by atoms with van der Waals surface area (Å²) >= 11 is 0. The molecule has 0 aliphatic carbocycles. The van der Waals surface area contributed by atoms with E-state index in [2.05, 4.69) is 51.6 Å². The number of fused-ring (bicyclic) bond motifs is 1. The van der Waals surface area contributed by atoms with Crippen molar-refractivity contribution in [3.05, 3.63) is 78.1 Å². The number of rotatable bonds is 5. The molecule has 1 aliphatic heterocycles. The minimum Gasteiger partial charge on any atom is -0.371 e. The van der Waals surface area contributed by atoms with E-state index in [1.54, 1.807) is 6.20 Å². The molecule has 0 bridgehead atoms.